The van der Waals surface area contributed by atoms with Crippen molar-refractivity contribution >= 4 is 5.97 Å². The van der Waals surface area contributed by atoms with Crippen LogP contribution in [-0.4, -0.2) is 61.0 Å². The SMILES string of the molecule is CCOC(=O)[C@@H]1CCCN(CC(O)COC(C)C)C1. The van der Waals surface area contributed by atoms with Crippen LogP contribution in [0.4, 0.5) is 0 Å². The van der Waals surface area contributed by atoms with Gasteiger partial charge in [-0.3, -0.25) is 9.69 Å². The summed E-state index contributed by atoms with van der Waals surface area (Å²) in [6, 6.07) is 0. The number of esters is 1. The quantitative estimate of drug-likeness (QED) is 0.703. The third-order valence-electron chi connectivity index (χ3n) is 3.22. The van der Waals surface area contributed by atoms with E-state index in [1.807, 2.05) is 20.8 Å². The zero-order valence-electron chi connectivity index (χ0n) is 12.3. The second-order valence-electron chi connectivity index (χ2n) is 5.39. The number of ether oxygens (including phenoxy) is 2. The average Bonchev–Trinajstić information content (AvgIpc) is 2.37. The summed E-state index contributed by atoms with van der Waals surface area (Å²) in [6.07, 6.45) is 1.49. The first kappa shape index (κ1) is 16.4. The average molecular weight is 273 g/mol. The van der Waals surface area contributed by atoms with Crippen LogP contribution in [0, 0.1) is 5.92 Å². The number of carbonyl (C=O) groups excluding carboxylic acids is 1. The van der Waals surface area contributed by atoms with Gasteiger partial charge in [0, 0.05) is 13.1 Å². The van der Waals surface area contributed by atoms with Crippen LogP contribution in [0.15, 0.2) is 0 Å². The molecule has 0 aromatic heterocycles. The van der Waals surface area contributed by atoms with Gasteiger partial charge in [0.15, 0.2) is 0 Å². The number of likely N-dealkylation sites (tertiary alicyclic amines) is 1. The Balaban J connectivity index is 2.32. The Labute approximate surface area is 115 Å². The molecule has 0 aliphatic carbocycles. The lowest BCUT2D eigenvalue weighted by molar-refractivity contribution is -0.150. The van der Waals surface area contributed by atoms with Gasteiger partial charge in [-0.1, -0.05) is 0 Å². The maximum atomic E-state index is 11.7. The van der Waals surface area contributed by atoms with Gasteiger partial charge in [0.05, 0.1) is 31.3 Å². The normalized spacial score (nSPS) is 22.5. The Bertz CT molecular complexity index is 270. The highest BCUT2D eigenvalue weighted by Gasteiger charge is 2.27. The molecule has 2 atom stereocenters. The van der Waals surface area contributed by atoms with Crippen molar-refractivity contribution in [1.29, 1.82) is 0 Å². The molecule has 0 saturated carbocycles. The summed E-state index contributed by atoms with van der Waals surface area (Å²) in [4.78, 5) is 13.8. The fraction of sp³-hybridized carbons (Fsp3) is 0.929. The van der Waals surface area contributed by atoms with Crippen LogP contribution in [0.1, 0.15) is 33.6 Å². The van der Waals surface area contributed by atoms with Gasteiger partial charge in [0.25, 0.3) is 0 Å². The van der Waals surface area contributed by atoms with E-state index in [-0.39, 0.29) is 18.0 Å². The van der Waals surface area contributed by atoms with Crippen LogP contribution in [0.3, 0.4) is 0 Å². The molecule has 1 heterocycles. The molecule has 0 amide bonds. The second-order valence-corrected chi connectivity index (χ2v) is 5.39. The van der Waals surface area contributed by atoms with Crippen molar-refractivity contribution in [3.63, 3.8) is 0 Å². The Hall–Kier alpha value is -0.650. The van der Waals surface area contributed by atoms with Crippen LogP contribution in [0.25, 0.3) is 0 Å². The number of hydrogen-bond donors (Lipinski definition) is 1. The molecular weight excluding hydrogens is 246 g/mol. The van der Waals surface area contributed by atoms with E-state index >= 15 is 0 Å². The summed E-state index contributed by atoms with van der Waals surface area (Å²) in [5.74, 6) is -0.160. The summed E-state index contributed by atoms with van der Waals surface area (Å²) in [5.41, 5.74) is 0. The lowest BCUT2D eigenvalue weighted by atomic mass is 9.98. The molecule has 0 radical (unpaired) electrons. The first-order valence-electron chi connectivity index (χ1n) is 7.21. The number of carbonyl (C=O) groups is 1. The molecule has 1 rings (SSSR count). The molecule has 1 aliphatic heterocycles. The monoisotopic (exact) mass is 273 g/mol. The van der Waals surface area contributed by atoms with Crippen LogP contribution in [0.5, 0.6) is 0 Å². The van der Waals surface area contributed by atoms with Gasteiger partial charge in [-0.25, -0.2) is 0 Å². The second kappa shape index (κ2) is 8.51. The van der Waals surface area contributed by atoms with Gasteiger partial charge in [0.1, 0.15) is 0 Å². The van der Waals surface area contributed by atoms with Crippen molar-refractivity contribution in [3.8, 4) is 0 Å². The summed E-state index contributed by atoms with van der Waals surface area (Å²) >= 11 is 0. The number of aliphatic hydroxyl groups excluding tert-OH is 1. The minimum absolute atomic E-state index is 0.0492. The third-order valence-corrected chi connectivity index (χ3v) is 3.22. The van der Waals surface area contributed by atoms with Crippen molar-refractivity contribution in [2.24, 2.45) is 5.92 Å². The summed E-state index contributed by atoms with van der Waals surface area (Å²) in [5, 5.41) is 9.90. The van der Waals surface area contributed by atoms with Gasteiger partial charge >= 0.3 is 5.97 Å². The molecule has 0 aromatic carbocycles. The van der Waals surface area contributed by atoms with Gasteiger partial charge in [-0.2, -0.15) is 0 Å². The van der Waals surface area contributed by atoms with Crippen LogP contribution < -0.4 is 0 Å². The van der Waals surface area contributed by atoms with Crippen molar-refractivity contribution in [1.82, 2.24) is 4.90 Å². The topological polar surface area (TPSA) is 59.0 Å². The molecule has 5 nitrogen and oxygen atoms in total. The highest BCUT2D eigenvalue weighted by Crippen LogP contribution is 2.18. The predicted octanol–water partition coefficient (Wildman–Crippen LogP) is 1.05. The van der Waals surface area contributed by atoms with Crippen LogP contribution in [0.2, 0.25) is 0 Å². The van der Waals surface area contributed by atoms with E-state index in [0.29, 0.717) is 26.3 Å². The highest BCUT2D eigenvalue weighted by molar-refractivity contribution is 5.72. The fourth-order valence-corrected chi connectivity index (χ4v) is 2.33. The number of aliphatic hydroxyl groups is 1. The first-order chi connectivity index (χ1) is 9.02. The third kappa shape index (κ3) is 6.36. The maximum Gasteiger partial charge on any atom is 0.310 e. The molecule has 0 aromatic rings. The number of hydrogen-bond acceptors (Lipinski definition) is 5. The largest absolute Gasteiger partial charge is 0.466 e. The Morgan fingerprint density at radius 2 is 2.21 bits per heavy atom. The van der Waals surface area contributed by atoms with E-state index in [4.69, 9.17) is 9.47 Å². The zero-order chi connectivity index (χ0) is 14.3. The summed E-state index contributed by atoms with van der Waals surface area (Å²) in [7, 11) is 0. The Morgan fingerprint density at radius 3 is 2.84 bits per heavy atom. The molecule has 0 bridgehead atoms. The number of nitrogens with zero attached hydrogens (tertiary/aromatic N) is 1. The molecule has 0 spiro atoms. The molecular formula is C14H27NO4. The molecule has 112 valence electrons. The summed E-state index contributed by atoms with van der Waals surface area (Å²) in [6.45, 7) is 8.66. The van der Waals surface area contributed by atoms with Crippen molar-refractivity contribution in [2.75, 3.05) is 32.8 Å². The molecule has 1 saturated heterocycles. The van der Waals surface area contributed by atoms with Gasteiger partial charge in [-0.05, 0) is 40.2 Å². The van der Waals surface area contributed by atoms with Crippen LogP contribution in [-0.2, 0) is 14.3 Å². The van der Waals surface area contributed by atoms with E-state index in [0.717, 1.165) is 19.4 Å². The first-order valence-corrected chi connectivity index (χ1v) is 7.21. The van der Waals surface area contributed by atoms with Gasteiger partial charge in [-0.15, -0.1) is 0 Å². The van der Waals surface area contributed by atoms with Crippen molar-refractivity contribution < 1.29 is 19.4 Å². The lowest BCUT2D eigenvalue weighted by Gasteiger charge is -2.32. The number of piperidine rings is 1. The number of β-amino-alcohol motifs (C(OH)–C–C–N with tert-alkyl or cyclic N) is 1. The molecule has 1 N–H and O–H groups in total. The zero-order valence-corrected chi connectivity index (χ0v) is 12.3. The smallest absolute Gasteiger partial charge is 0.310 e. The highest BCUT2D eigenvalue weighted by atomic mass is 16.5. The minimum atomic E-state index is -0.497. The minimum Gasteiger partial charge on any atom is -0.466 e. The standard InChI is InChI=1S/C14H27NO4/c1-4-18-14(17)12-6-5-7-15(8-12)9-13(16)10-19-11(2)3/h11-13,16H,4-10H2,1-3H3/t12-,13?/m1/s1. The fourth-order valence-electron chi connectivity index (χ4n) is 2.33. The predicted molar refractivity (Wildman–Crippen MR) is 72.9 cm³/mol. The summed E-state index contributed by atoms with van der Waals surface area (Å²) < 4.78 is 10.5. The van der Waals surface area contributed by atoms with Crippen molar-refractivity contribution in [2.45, 2.75) is 45.8 Å². The van der Waals surface area contributed by atoms with Gasteiger partial charge in [0.2, 0.25) is 0 Å². The van der Waals surface area contributed by atoms with E-state index in [2.05, 4.69) is 4.90 Å². The van der Waals surface area contributed by atoms with E-state index in [9.17, 15) is 9.90 Å². The molecule has 5 heteroatoms. The van der Waals surface area contributed by atoms with E-state index < -0.39 is 6.10 Å². The molecule has 1 aliphatic rings. The molecule has 1 unspecified atom stereocenters. The van der Waals surface area contributed by atoms with E-state index in [1.165, 1.54) is 0 Å². The Morgan fingerprint density at radius 1 is 1.47 bits per heavy atom. The van der Waals surface area contributed by atoms with Crippen molar-refractivity contribution in [3.05, 3.63) is 0 Å². The van der Waals surface area contributed by atoms with Gasteiger partial charge < -0.3 is 14.6 Å². The molecule has 1 fully saturated rings. The van der Waals surface area contributed by atoms with Crippen LogP contribution >= 0.6 is 0 Å². The Kier molecular flexibility index (Phi) is 7.34. The molecule has 19 heavy (non-hydrogen) atoms. The van der Waals surface area contributed by atoms with E-state index in [1.54, 1.807) is 0 Å². The maximum absolute atomic E-state index is 11.7. The number of rotatable bonds is 7. The lowest BCUT2D eigenvalue weighted by Crippen LogP contribution is -2.44.